The fraction of sp³-hybridized carbons (Fsp3) is 0.167. The third-order valence-corrected chi connectivity index (χ3v) is 4.25. The average Bonchev–Trinajstić information content (AvgIpc) is 2.91. The summed E-state index contributed by atoms with van der Waals surface area (Å²) >= 11 is 3.24. The number of hydrogen-bond donors (Lipinski definition) is 0. The smallest absolute Gasteiger partial charge is 0.277 e. The Morgan fingerprint density at radius 2 is 2.24 bits per heavy atom. The molecule has 0 bridgehead atoms. The summed E-state index contributed by atoms with van der Waals surface area (Å²) in [5.74, 6) is 0.936. The Bertz CT molecular complexity index is 539. The molecule has 0 saturated carbocycles. The summed E-state index contributed by atoms with van der Waals surface area (Å²) in [4.78, 5) is 19.4. The van der Waals surface area contributed by atoms with Gasteiger partial charge in [-0.05, 0) is 12.1 Å². The van der Waals surface area contributed by atoms with Crippen molar-refractivity contribution in [2.45, 2.75) is 4.90 Å². The summed E-state index contributed by atoms with van der Waals surface area (Å²) in [5.41, 5.74) is 3.23. The van der Waals surface area contributed by atoms with Crippen molar-refractivity contribution in [1.82, 2.24) is 4.98 Å². The zero-order valence-electron chi connectivity index (χ0n) is 9.00. The van der Waals surface area contributed by atoms with E-state index in [1.807, 2.05) is 23.1 Å². The van der Waals surface area contributed by atoms with E-state index < -0.39 is 0 Å². The molecule has 86 valence electrons. The maximum absolute atomic E-state index is 12.3. The largest absolute Gasteiger partial charge is 0.305 e. The van der Waals surface area contributed by atoms with Crippen LogP contribution in [0.3, 0.4) is 0 Å². The van der Waals surface area contributed by atoms with Gasteiger partial charge in [0.15, 0.2) is 0 Å². The normalized spacial score (nSPS) is 14.5. The van der Waals surface area contributed by atoms with E-state index in [1.54, 1.807) is 22.7 Å². The van der Waals surface area contributed by atoms with Crippen molar-refractivity contribution in [2.24, 2.45) is 0 Å². The van der Waals surface area contributed by atoms with E-state index in [1.165, 1.54) is 16.2 Å². The second kappa shape index (κ2) is 4.50. The Hall–Kier alpha value is -1.33. The number of carbonyl (C=O) groups excluding carboxylic acids is 1. The fourth-order valence-corrected chi connectivity index (χ4v) is 3.36. The Balaban J connectivity index is 1.98. The van der Waals surface area contributed by atoms with Crippen molar-refractivity contribution in [1.29, 1.82) is 0 Å². The zero-order valence-corrected chi connectivity index (χ0v) is 10.6. The molecule has 5 heteroatoms. The fourth-order valence-electron chi connectivity index (χ4n) is 1.84. The number of thiazole rings is 1. The van der Waals surface area contributed by atoms with Crippen molar-refractivity contribution in [3.63, 3.8) is 0 Å². The molecule has 2 aromatic rings. The minimum Gasteiger partial charge on any atom is -0.305 e. The standard InChI is InChI=1S/C12H10N2OS2/c15-12(9-7-16-8-13-9)14-5-6-17-11-4-2-1-3-10(11)14/h1-4,7-8H,5-6H2. The second-order valence-electron chi connectivity index (χ2n) is 3.65. The van der Waals surface area contributed by atoms with E-state index in [9.17, 15) is 4.79 Å². The Labute approximate surface area is 107 Å². The van der Waals surface area contributed by atoms with E-state index in [0.29, 0.717) is 5.69 Å². The molecule has 0 radical (unpaired) electrons. The predicted octanol–water partition coefficient (Wildman–Crippen LogP) is 2.90. The highest BCUT2D eigenvalue weighted by atomic mass is 32.2. The second-order valence-corrected chi connectivity index (χ2v) is 5.50. The lowest BCUT2D eigenvalue weighted by atomic mass is 10.2. The van der Waals surface area contributed by atoms with Crippen molar-refractivity contribution in [3.8, 4) is 0 Å². The van der Waals surface area contributed by atoms with Gasteiger partial charge in [-0.3, -0.25) is 4.79 Å². The SMILES string of the molecule is O=C(c1cscn1)N1CCSc2ccccc21. The van der Waals surface area contributed by atoms with Crippen LogP contribution in [-0.2, 0) is 0 Å². The van der Waals surface area contributed by atoms with Gasteiger partial charge in [0.2, 0.25) is 0 Å². The van der Waals surface area contributed by atoms with Crippen LogP contribution in [0.2, 0.25) is 0 Å². The average molecular weight is 262 g/mol. The molecule has 0 saturated heterocycles. The molecule has 3 nitrogen and oxygen atoms in total. The van der Waals surface area contributed by atoms with Crippen LogP contribution in [0, 0.1) is 0 Å². The van der Waals surface area contributed by atoms with E-state index in [4.69, 9.17) is 0 Å². The number of rotatable bonds is 1. The molecular weight excluding hydrogens is 252 g/mol. The summed E-state index contributed by atoms with van der Waals surface area (Å²) < 4.78 is 0. The van der Waals surface area contributed by atoms with Gasteiger partial charge in [0.1, 0.15) is 5.69 Å². The van der Waals surface area contributed by atoms with Gasteiger partial charge in [0.05, 0.1) is 11.2 Å². The molecule has 2 heterocycles. The van der Waals surface area contributed by atoms with E-state index >= 15 is 0 Å². The minimum absolute atomic E-state index is 0.000926. The van der Waals surface area contributed by atoms with Crippen LogP contribution in [0.4, 0.5) is 5.69 Å². The molecule has 1 aromatic carbocycles. The molecule has 17 heavy (non-hydrogen) atoms. The molecule has 0 atom stereocenters. The first-order valence-corrected chi connectivity index (χ1v) is 7.21. The zero-order chi connectivity index (χ0) is 11.7. The third kappa shape index (κ3) is 1.96. The summed E-state index contributed by atoms with van der Waals surface area (Å²) in [5, 5.41) is 1.80. The third-order valence-electron chi connectivity index (χ3n) is 2.63. The topological polar surface area (TPSA) is 33.2 Å². The molecule has 0 N–H and O–H groups in total. The quantitative estimate of drug-likeness (QED) is 0.792. The van der Waals surface area contributed by atoms with E-state index in [2.05, 4.69) is 11.1 Å². The van der Waals surface area contributed by atoms with Crippen molar-refractivity contribution in [2.75, 3.05) is 17.2 Å². The van der Waals surface area contributed by atoms with Crippen LogP contribution >= 0.6 is 23.1 Å². The number of hydrogen-bond acceptors (Lipinski definition) is 4. The van der Waals surface area contributed by atoms with Gasteiger partial charge in [0, 0.05) is 22.6 Å². The van der Waals surface area contributed by atoms with Gasteiger partial charge in [0.25, 0.3) is 5.91 Å². The van der Waals surface area contributed by atoms with Gasteiger partial charge in [-0.15, -0.1) is 23.1 Å². The lowest BCUT2D eigenvalue weighted by Gasteiger charge is -2.28. The molecule has 1 aromatic heterocycles. The Morgan fingerprint density at radius 1 is 1.35 bits per heavy atom. The van der Waals surface area contributed by atoms with Crippen LogP contribution in [0.5, 0.6) is 0 Å². The number of para-hydroxylation sites is 1. The number of carbonyl (C=O) groups is 1. The monoisotopic (exact) mass is 262 g/mol. The summed E-state index contributed by atoms with van der Waals surface area (Å²) in [6.45, 7) is 0.748. The highest BCUT2D eigenvalue weighted by Crippen LogP contribution is 2.34. The van der Waals surface area contributed by atoms with Gasteiger partial charge in [-0.2, -0.15) is 0 Å². The number of nitrogens with zero attached hydrogens (tertiary/aromatic N) is 2. The molecule has 0 fully saturated rings. The minimum atomic E-state index is -0.000926. The summed E-state index contributed by atoms with van der Waals surface area (Å²) in [6, 6.07) is 8.01. The number of benzene rings is 1. The maximum atomic E-state index is 12.3. The van der Waals surface area contributed by atoms with Gasteiger partial charge < -0.3 is 4.90 Å². The molecule has 1 aliphatic rings. The van der Waals surface area contributed by atoms with Crippen molar-refractivity contribution >= 4 is 34.7 Å². The van der Waals surface area contributed by atoms with Crippen LogP contribution in [0.1, 0.15) is 10.5 Å². The molecule has 1 amide bonds. The van der Waals surface area contributed by atoms with Crippen LogP contribution in [0.25, 0.3) is 0 Å². The van der Waals surface area contributed by atoms with Crippen LogP contribution in [0.15, 0.2) is 40.1 Å². The van der Waals surface area contributed by atoms with Crippen LogP contribution in [-0.4, -0.2) is 23.2 Å². The molecule has 0 aliphatic carbocycles. The first kappa shape index (κ1) is 10.8. The maximum Gasteiger partial charge on any atom is 0.277 e. The van der Waals surface area contributed by atoms with Crippen LogP contribution < -0.4 is 4.90 Å². The Morgan fingerprint density at radius 3 is 3.06 bits per heavy atom. The van der Waals surface area contributed by atoms with E-state index in [-0.39, 0.29) is 5.91 Å². The van der Waals surface area contributed by atoms with Gasteiger partial charge >= 0.3 is 0 Å². The van der Waals surface area contributed by atoms with Gasteiger partial charge in [-0.1, -0.05) is 12.1 Å². The lowest BCUT2D eigenvalue weighted by Crippen LogP contribution is -2.35. The van der Waals surface area contributed by atoms with Crippen molar-refractivity contribution < 1.29 is 4.79 Å². The van der Waals surface area contributed by atoms with Gasteiger partial charge in [-0.25, -0.2) is 4.98 Å². The highest BCUT2D eigenvalue weighted by molar-refractivity contribution is 7.99. The summed E-state index contributed by atoms with van der Waals surface area (Å²) in [6.07, 6.45) is 0. The molecule has 3 rings (SSSR count). The highest BCUT2D eigenvalue weighted by Gasteiger charge is 2.24. The first-order valence-electron chi connectivity index (χ1n) is 5.28. The number of aromatic nitrogens is 1. The number of fused-ring (bicyclic) bond motifs is 1. The lowest BCUT2D eigenvalue weighted by molar-refractivity contribution is 0.0983. The molecule has 0 spiro atoms. The predicted molar refractivity (Wildman–Crippen MR) is 71.0 cm³/mol. The van der Waals surface area contributed by atoms with Crippen molar-refractivity contribution in [3.05, 3.63) is 40.8 Å². The van der Waals surface area contributed by atoms with E-state index in [0.717, 1.165) is 18.0 Å². The molecule has 1 aliphatic heterocycles. The number of anilines is 1. The first-order chi connectivity index (χ1) is 8.36. The number of thioether (sulfide) groups is 1. The molecular formula is C12H10N2OS2. The summed E-state index contributed by atoms with van der Waals surface area (Å²) in [7, 11) is 0. The Kier molecular flexibility index (Phi) is 2.86. The molecule has 0 unspecified atom stereocenters. The number of amides is 1.